The van der Waals surface area contributed by atoms with Crippen LogP contribution in [-0.4, -0.2) is 15.1 Å². The smallest absolute Gasteiger partial charge is 0.259 e. The molecule has 3 aromatic rings. The van der Waals surface area contributed by atoms with Crippen LogP contribution >= 0.6 is 15.9 Å². The van der Waals surface area contributed by atoms with Crippen LogP contribution in [0.15, 0.2) is 57.8 Å². The number of fused-ring (bicyclic) bond motifs is 1. The predicted octanol–water partition coefficient (Wildman–Crippen LogP) is 3.64. The largest absolute Gasteiger partial charge is 0.506 e. The standard InChI is InChI=1S/C17H10BrN3O2/c18-11-5-3-4-10(8-11)15(22)13(9-19)16-20-14-7-2-1-6-12(14)17(23)21-16/h1-8,22H,(H,20,21,23)/b15-13+. The Balaban J connectivity index is 2.24. The molecule has 0 aliphatic carbocycles. The van der Waals surface area contributed by atoms with Crippen molar-refractivity contribution >= 4 is 38.2 Å². The number of aliphatic hydroxyl groups excluding tert-OH is 1. The number of hydrogen-bond acceptors (Lipinski definition) is 4. The van der Waals surface area contributed by atoms with Crippen LogP contribution < -0.4 is 5.56 Å². The van der Waals surface area contributed by atoms with Crippen molar-refractivity contribution in [2.24, 2.45) is 0 Å². The van der Waals surface area contributed by atoms with Gasteiger partial charge in [0.2, 0.25) is 0 Å². The monoisotopic (exact) mass is 367 g/mol. The van der Waals surface area contributed by atoms with E-state index in [1.165, 1.54) is 0 Å². The maximum absolute atomic E-state index is 12.1. The van der Waals surface area contributed by atoms with E-state index in [0.717, 1.165) is 4.47 Å². The molecule has 0 unspecified atom stereocenters. The Morgan fingerprint density at radius 2 is 2.00 bits per heavy atom. The summed E-state index contributed by atoms with van der Waals surface area (Å²) in [6.07, 6.45) is 0. The summed E-state index contributed by atoms with van der Waals surface area (Å²) in [7, 11) is 0. The second-order valence-electron chi connectivity index (χ2n) is 4.78. The number of rotatable bonds is 2. The Morgan fingerprint density at radius 3 is 2.74 bits per heavy atom. The lowest BCUT2D eigenvalue weighted by molar-refractivity contribution is 0.513. The highest BCUT2D eigenvalue weighted by Gasteiger charge is 2.14. The number of H-pyrrole nitrogens is 1. The van der Waals surface area contributed by atoms with Gasteiger partial charge in [-0.05, 0) is 24.3 Å². The number of aliphatic hydroxyl groups is 1. The SMILES string of the molecule is N#C/C(=C(\O)c1cccc(Br)c1)c1nc2ccccc2c(=O)[nH]1. The van der Waals surface area contributed by atoms with Crippen molar-refractivity contribution in [3.63, 3.8) is 0 Å². The molecule has 112 valence electrons. The maximum Gasteiger partial charge on any atom is 0.259 e. The summed E-state index contributed by atoms with van der Waals surface area (Å²) in [6, 6.07) is 15.6. The first-order valence-corrected chi connectivity index (χ1v) is 7.48. The summed E-state index contributed by atoms with van der Waals surface area (Å²) >= 11 is 3.31. The number of aromatic nitrogens is 2. The Labute approximate surface area is 139 Å². The molecule has 0 radical (unpaired) electrons. The fourth-order valence-corrected chi connectivity index (χ4v) is 2.60. The minimum absolute atomic E-state index is 0.0358. The lowest BCUT2D eigenvalue weighted by Gasteiger charge is -2.06. The molecule has 2 aromatic carbocycles. The molecule has 0 atom stereocenters. The average molecular weight is 368 g/mol. The molecule has 2 N–H and O–H groups in total. The molecule has 1 aromatic heterocycles. The number of nitrogens with zero attached hydrogens (tertiary/aromatic N) is 2. The third kappa shape index (κ3) is 2.87. The van der Waals surface area contributed by atoms with Crippen molar-refractivity contribution in [3.05, 3.63) is 74.7 Å². The summed E-state index contributed by atoms with van der Waals surface area (Å²) in [5.41, 5.74) is 0.458. The number of aromatic amines is 1. The minimum atomic E-state index is -0.361. The first kappa shape index (κ1) is 15.0. The number of hydrogen-bond donors (Lipinski definition) is 2. The van der Waals surface area contributed by atoms with Crippen LogP contribution in [0.1, 0.15) is 11.4 Å². The number of benzene rings is 2. The number of nitriles is 1. The summed E-state index contributed by atoms with van der Waals surface area (Å²) in [5.74, 6) is -0.207. The zero-order chi connectivity index (χ0) is 16.4. The topological polar surface area (TPSA) is 89.8 Å². The van der Waals surface area contributed by atoms with E-state index in [-0.39, 0.29) is 22.7 Å². The molecular weight excluding hydrogens is 358 g/mol. The van der Waals surface area contributed by atoms with Gasteiger partial charge in [-0.3, -0.25) is 4.79 Å². The molecule has 0 amide bonds. The maximum atomic E-state index is 12.1. The number of para-hydroxylation sites is 1. The van der Waals surface area contributed by atoms with Crippen molar-refractivity contribution in [1.82, 2.24) is 9.97 Å². The van der Waals surface area contributed by atoms with E-state index in [1.54, 1.807) is 48.5 Å². The van der Waals surface area contributed by atoms with Crippen LogP contribution in [0.5, 0.6) is 0 Å². The van der Waals surface area contributed by atoms with Gasteiger partial charge in [-0.1, -0.05) is 40.2 Å². The van der Waals surface area contributed by atoms with Crippen molar-refractivity contribution in [2.45, 2.75) is 0 Å². The number of allylic oxidation sites excluding steroid dienone is 1. The molecule has 0 spiro atoms. The number of halogens is 1. The minimum Gasteiger partial charge on any atom is -0.506 e. The zero-order valence-electron chi connectivity index (χ0n) is 11.7. The van der Waals surface area contributed by atoms with Crippen molar-refractivity contribution in [1.29, 1.82) is 5.26 Å². The molecule has 0 saturated carbocycles. The van der Waals surface area contributed by atoms with Crippen molar-refractivity contribution < 1.29 is 5.11 Å². The third-order valence-corrected chi connectivity index (χ3v) is 3.79. The molecule has 0 aliphatic rings. The van der Waals surface area contributed by atoms with Crippen LogP contribution in [0.3, 0.4) is 0 Å². The van der Waals surface area contributed by atoms with Crippen LogP contribution in [0.2, 0.25) is 0 Å². The van der Waals surface area contributed by atoms with Gasteiger partial charge in [0.1, 0.15) is 17.4 Å². The normalized spacial score (nSPS) is 11.8. The van der Waals surface area contributed by atoms with E-state index in [4.69, 9.17) is 0 Å². The molecule has 6 heteroatoms. The van der Waals surface area contributed by atoms with Crippen LogP contribution in [-0.2, 0) is 0 Å². The second kappa shape index (κ2) is 6.07. The fraction of sp³-hybridized carbons (Fsp3) is 0. The Kier molecular flexibility index (Phi) is 3.96. The van der Waals surface area contributed by atoms with E-state index in [9.17, 15) is 15.2 Å². The van der Waals surface area contributed by atoms with Gasteiger partial charge in [-0.15, -0.1) is 0 Å². The molecule has 3 rings (SSSR count). The van der Waals surface area contributed by atoms with Gasteiger partial charge in [0.05, 0.1) is 10.9 Å². The lowest BCUT2D eigenvalue weighted by atomic mass is 10.1. The van der Waals surface area contributed by atoms with E-state index in [1.807, 2.05) is 6.07 Å². The van der Waals surface area contributed by atoms with Crippen molar-refractivity contribution in [3.8, 4) is 6.07 Å². The van der Waals surface area contributed by atoms with Gasteiger partial charge in [0.15, 0.2) is 5.82 Å². The summed E-state index contributed by atoms with van der Waals surface area (Å²) in [5, 5.41) is 20.2. The Morgan fingerprint density at radius 1 is 1.22 bits per heavy atom. The van der Waals surface area contributed by atoms with E-state index >= 15 is 0 Å². The molecule has 5 nitrogen and oxygen atoms in total. The zero-order valence-corrected chi connectivity index (χ0v) is 13.3. The summed E-state index contributed by atoms with van der Waals surface area (Å²) < 4.78 is 0.763. The van der Waals surface area contributed by atoms with Crippen LogP contribution in [0.25, 0.3) is 22.2 Å². The van der Waals surface area contributed by atoms with Gasteiger partial charge >= 0.3 is 0 Å². The van der Waals surface area contributed by atoms with E-state index < -0.39 is 0 Å². The molecule has 0 aliphatic heterocycles. The van der Waals surface area contributed by atoms with Crippen molar-refractivity contribution in [2.75, 3.05) is 0 Å². The predicted molar refractivity (Wildman–Crippen MR) is 91.6 cm³/mol. The van der Waals surface area contributed by atoms with E-state index in [0.29, 0.717) is 16.5 Å². The van der Waals surface area contributed by atoms with Gasteiger partial charge in [-0.2, -0.15) is 5.26 Å². The van der Waals surface area contributed by atoms with Gasteiger partial charge in [-0.25, -0.2) is 4.98 Å². The van der Waals surface area contributed by atoms with Gasteiger partial charge < -0.3 is 10.1 Å². The molecule has 23 heavy (non-hydrogen) atoms. The second-order valence-corrected chi connectivity index (χ2v) is 5.69. The van der Waals surface area contributed by atoms with Gasteiger partial charge in [0, 0.05) is 10.0 Å². The molecule has 1 heterocycles. The first-order chi connectivity index (χ1) is 11.1. The third-order valence-electron chi connectivity index (χ3n) is 3.30. The highest BCUT2D eigenvalue weighted by molar-refractivity contribution is 9.10. The van der Waals surface area contributed by atoms with Gasteiger partial charge in [0.25, 0.3) is 5.56 Å². The molecule has 0 fully saturated rings. The number of nitrogens with one attached hydrogen (secondary N) is 1. The molecule has 0 bridgehead atoms. The van der Waals surface area contributed by atoms with Crippen LogP contribution in [0, 0.1) is 11.3 Å². The average Bonchev–Trinajstić information content (AvgIpc) is 2.55. The first-order valence-electron chi connectivity index (χ1n) is 6.69. The fourth-order valence-electron chi connectivity index (χ4n) is 2.20. The summed E-state index contributed by atoms with van der Waals surface area (Å²) in [6.45, 7) is 0. The summed E-state index contributed by atoms with van der Waals surface area (Å²) in [4.78, 5) is 18.9. The lowest BCUT2D eigenvalue weighted by Crippen LogP contribution is -2.11. The van der Waals surface area contributed by atoms with E-state index in [2.05, 4.69) is 25.9 Å². The van der Waals surface area contributed by atoms with Crippen LogP contribution in [0.4, 0.5) is 0 Å². The Bertz CT molecular complexity index is 1030. The molecular formula is C17H10BrN3O2. The molecule has 0 saturated heterocycles. The highest BCUT2D eigenvalue weighted by atomic mass is 79.9. The highest BCUT2D eigenvalue weighted by Crippen LogP contribution is 2.24. The quantitative estimate of drug-likeness (QED) is 0.534. The Hall–Kier alpha value is -2.91.